The molecular formula is C17H26N2O. The second-order valence-corrected chi connectivity index (χ2v) is 5.96. The summed E-state index contributed by atoms with van der Waals surface area (Å²) in [6.45, 7) is 7.00. The number of nitrogens with one attached hydrogen (secondary N) is 1. The Morgan fingerprint density at radius 2 is 1.90 bits per heavy atom. The first-order valence-corrected chi connectivity index (χ1v) is 7.75. The van der Waals surface area contributed by atoms with Crippen LogP contribution in [0, 0.1) is 5.41 Å². The van der Waals surface area contributed by atoms with Crippen molar-refractivity contribution in [2.24, 2.45) is 5.41 Å². The van der Waals surface area contributed by atoms with Crippen LogP contribution in [0.2, 0.25) is 0 Å². The summed E-state index contributed by atoms with van der Waals surface area (Å²) in [5, 5.41) is 3.35. The number of hydrogen-bond acceptors (Lipinski definition) is 2. The van der Waals surface area contributed by atoms with Crippen LogP contribution in [-0.4, -0.2) is 25.5 Å². The van der Waals surface area contributed by atoms with Gasteiger partial charge in [0.2, 0.25) is 5.91 Å². The van der Waals surface area contributed by atoms with Crippen LogP contribution in [-0.2, 0) is 4.79 Å². The number of nitrogens with zero attached hydrogens (tertiary/aromatic N) is 1. The Morgan fingerprint density at radius 3 is 2.50 bits per heavy atom. The summed E-state index contributed by atoms with van der Waals surface area (Å²) in [5.74, 6) is 0.290. The van der Waals surface area contributed by atoms with Crippen LogP contribution >= 0.6 is 0 Å². The predicted molar refractivity (Wildman–Crippen MR) is 83.9 cm³/mol. The van der Waals surface area contributed by atoms with E-state index in [0.717, 1.165) is 51.0 Å². The number of piperidine rings is 1. The van der Waals surface area contributed by atoms with E-state index in [-0.39, 0.29) is 5.41 Å². The Balaban J connectivity index is 2.19. The number of benzene rings is 1. The first-order valence-electron chi connectivity index (χ1n) is 7.75. The summed E-state index contributed by atoms with van der Waals surface area (Å²) in [7, 11) is 0. The maximum absolute atomic E-state index is 13.0. The molecule has 3 nitrogen and oxygen atoms in total. The van der Waals surface area contributed by atoms with Gasteiger partial charge in [0.05, 0.1) is 0 Å². The molecule has 0 atom stereocenters. The number of unbranched alkanes of at least 4 members (excludes halogenated alkanes) is 1. The Kier molecular flexibility index (Phi) is 5.18. The van der Waals surface area contributed by atoms with E-state index in [1.807, 2.05) is 35.2 Å². The molecular weight excluding hydrogens is 248 g/mol. The van der Waals surface area contributed by atoms with E-state index >= 15 is 0 Å². The van der Waals surface area contributed by atoms with Crippen molar-refractivity contribution in [2.75, 3.05) is 24.5 Å². The molecule has 20 heavy (non-hydrogen) atoms. The van der Waals surface area contributed by atoms with Gasteiger partial charge in [-0.05, 0) is 44.5 Å². The van der Waals surface area contributed by atoms with E-state index in [9.17, 15) is 4.79 Å². The molecule has 1 fully saturated rings. The molecule has 1 aromatic rings. The largest absolute Gasteiger partial charge is 0.317 e. The first kappa shape index (κ1) is 15.0. The Bertz CT molecular complexity index is 424. The number of rotatable bonds is 5. The van der Waals surface area contributed by atoms with Crippen LogP contribution in [0.1, 0.15) is 39.5 Å². The van der Waals surface area contributed by atoms with Gasteiger partial charge in [-0.1, -0.05) is 38.5 Å². The SMILES string of the molecule is CCCCN(C(=O)C1(C)CCNCC1)c1ccccc1. The fourth-order valence-electron chi connectivity index (χ4n) is 2.79. The molecule has 0 radical (unpaired) electrons. The molecule has 0 unspecified atom stereocenters. The summed E-state index contributed by atoms with van der Waals surface area (Å²) in [6.07, 6.45) is 4.02. The van der Waals surface area contributed by atoms with E-state index in [0.29, 0.717) is 5.91 Å². The summed E-state index contributed by atoms with van der Waals surface area (Å²) < 4.78 is 0. The van der Waals surface area contributed by atoms with Gasteiger partial charge in [-0.2, -0.15) is 0 Å². The zero-order valence-corrected chi connectivity index (χ0v) is 12.7. The minimum Gasteiger partial charge on any atom is -0.317 e. The van der Waals surface area contributed by atoms with Crippen LogP contribution in [0.5, 0.6) is 0 Å². The number of anilines is 1. The van der Waals surface area contributed by atoms with Crippen molar-refractivity contribution in [2.45, 2.75) is 39.5 Å². The van der Waals surface area contributed by atoms with Gasteiger partial charge in [-0.15, -0.1) is 0 Å². The van der Waals surface area contributed by atoms with E-state index in [2.05, 4.69) is 19.2 Å². The van der Waals surface area contributed by atoms with E-state index in [1.165, 1.54) is 0 Å². The number of amides is 1. The number of carbonyl (C=O) groups is 1. The number of hydrogen-bond donors (Lipinski definition) is 1. The van der Waals surface area contributed by atoms with E-state index < -0.39 is 0 Å². The third kappa shape index (κ3) is 3.40. The van der Waals surface area contributed by atoms with Gasteiger partial charge in [0.1, 0.15) is 0 Å². The summed E-state index contributed by atoms with van der Waals surface area (Å²) in [4.78, 5) is 15.0. The highest BCUT2D eigenvalue weighted by atomic mass is 16.2. The zero-order chi connectivity index (χ0) is 14.4. The second kappa shape index (κ2) is 6.89. The molecule has 3 heteroatoms. The van der Waals surface area contributed by atoms with Gasteiger partial charge < -0.3 is 10.2 Å². The molecule has 0 spiro atoms. The Hall–Kier alpha value is -1.35. The molecule has 110 valence electrons. The first-order chi connectivity index (χ1) is 9.67. The standard InChI is InChI=1S/C17H26N2O/c1-3-4-14-19(15-8-6-5-7-9-15)16(20)17(2)10-12-18-13-11-17/h5-9,18H,3-4,10-14H2,1-2H3. The molecule has 1 aliphatic rings. The van der Waals surface area contributed by atoms with Crippen molar-refractivity contribution >= 4 is 11.6 Å². The average Bonchev–Trinajstić information content (AvgIpc) is 2.49. The van der Waals surface area contributed by atoms with Crippen molar-refractivity contribution in [3.63, 3.8) is 0 Å². The number of para-hydroxylation sites is 1. The highest BCUT2D eigenvalue weighted by molar-refractivity contribution is 5.97. The lowest BCUT2D eigenvalue weighted by molar-refractivity contribution is -0.128. The van der Waals surface area contributed by atoms with Crippen molar-refractivity contribution in [1.82, 2.24) is 5.32 Å². The topological polar surface area (TPSA) is 32.3 Å². The van der Waals surface area contributed by atoms with E-state index in [1.54, 1.807) is 0 Å². The third-order valence-corrected chi connectivity index (χ3v) is 4.27. The van der Waals surface area contributed by atoms with Crippen molar-refractivity contribution in [1.29, 1.82) is 0 Å². The third-order valence-electron chi connectivity index (χ3n) is 4.27. The van der Waals surface area contributed by atoms with Gasteiger partial charge in [0, 0.05) is 17.6 Å². The van der Waals surface area contributed by atoms with Gasteiger partial charge in [-0.25, -0.2) is 0 Å². The highest BCUT2D eigenvalue weighted by Gasteiger charge is 2.37. The van der Waals surface area contributed by atoms with Gasteiger partial charge in [0.25, 0.3) is 0 Å². The van der Waals surface area contributed by atoms with Gasteiger partial charge in [-0.3, -0.25) is 4.79 Å². The molecule has 2 rings (SSSR count). The Labute approximate surface area is 122 Å². The minimum absolute atomic E-state index is 0.213. The van der Waals surface area contributed by atoms with Gasteiger partial charge >= 0.3 is 0 Å². The van der Waals surface area contributed by atoms with Crippen molar-refractivity contribution in [3.05, 3.63) is 30.3 Å². The summed E-state index contributed by atoms with van der Waals surface area (Å²) in [5.41, 5.74) is 0.820. The molecule has 1 saturated heterocycles. The molecule has 0 bridgehead atoms. The maximum atomic E-state index is 13.0. The molecule has 0 saturated carbocycles. The minimum atomic E-state index is -0.213. The predicted octanol–water partition coefficient (Wildman–Crippen LogP) is 3.21. The molecule has 0 aromatic heterocycles. The van der Waals surface area contributed by atoms with Crippen molar-refractivity contribution < 1.29 is 4.79 Å². The summed E-state index contributed by atoms with van der Waals surface area (Å²) in [6, 6.07) is 10.1. The smallest absolute Gasteiger partial charge is 0.233 e. The highest BCUT2D eigenvalue weighted by Crippen LogP contribution is 2.32. The maximum Gasteiger partial charge on any atom is 0.233 e. The zero-order valence-electron chi connectivity index (χ0n) is 12.7. The van der Waals surface area contributed by atoms with Crippen LogP contribution in [0.25, 0.3) is 0 Å². The normalized spacial score (nSPS) is 17.7. The molecule has 1 heterocycles. The molecule has 0 aliphatic carbocycles. The monoisotopic (exact) mass is 274 g/mol. The molecule has 1 N–H and O–H groups in total. The lowest BCUT2D eigenvalue weighted by Crippen LogP contribution is -2.48. The molecule has 1 amide bonds. The van der Waals surface area contributed by atoms with E-state index in [4.69, 9.17) is 0 Å². The van der Waals surface area contributed by atoms with Crippen LogP contribution in [0.3, 0.4) is 0 Å². The molecule has 1 aliphatic heterocycles. The lowest BCUT2D eigenvalue weighted by atomic mass is 9.79. The van der Waals surface area contributed by atoms with Crippen LogP contribution < -0.4 is 10.2 Å². The molecule has 1 aromatic carbocycles. The second-order valence-electron chi connectivity index (χ2n) is 5.96. The lowest BCUT2D eigenvalue weighted by Gasteiger charge is -2.37. The average molecular weight is 274 g/mol. The fraction of sp³-hybridized carbons (Fsp3) is 0.588. The van der Waals surface area contributed by atoms with Crippen molar-refractivity contribution in [3.8, 4) is 0 Å². The summed E-state index contributed by atoms with van der Waals surface area (Å²) >= 11 is 0. The quantitative estimate of drug-likeness (QED) is 0.894. The van der Waals surface area contributed by atoms with Crippen LogP contribution in [0.15, 0.2) is 30.3 Å². The van der Waals surface area contributed by atoms with Crippen LogP contribution in [0.4, 0.5) is 5.69 Å². The number of carbonyl (C=O) groups excluding carboxylic acids is 1. The van der Waals surface area contributed by atoms with Gasteiger partial charge in [0.15, 0.2) is 0 Å². The fourth-order valence-corrected chi connectivity index (χ4v) is 2.79. The Morgan fingerprint density at radius 1 is 1.25 bits per heavy atom.